The summed E-state index contributed by atoms with van der Waals surface area (Å²) in [5.41, 5.74) is 0.0710. The molecule has 6 rings (SSSR count). The quantitative estimate of drug-likeness (QED) is 0.217. The molecule has 1 unspecified atom stereocenters. The Hall–Kier alpha value is -4.32. The molecule has 0 radical (unpaired) electrons. The van der Waals surface area contributed by atoms with E-state index in [1.54, 1.807) is 0 Å². The molecule has 2 aromatic heterocycles. The van der Waals surface area contributed by atoms with E-state index in [0.29, 0.717) is 0 Å². The fourth-order valence-corrected chi connectivity index (χ4v) is 5.31. The van der Waals surface area contributed by atoms with Crippen LogP contribution in [0.1, 0.15) is 33.1 Å². The molecule has 1 aliphatic rings. The maximum Gasteiger partial charge on any atom is 0.417 e. The molecule has 3 heterocycles. The highest BCUT2D eigenvalue weighted by Gasteiger charge is 2.37. The summed E-state index contributed by atoms with van der Waals surface area (Å²) in [6, 6.07) is 8.98. The minimum atomic E-state index is -4.63. The SMILES string of the molecule is O=C1NC(c2cc(F)ccc2Cl)c2c(Nc3nccc4c(C(F)(F)F)cccc34)cc3c(cnn3CC(F)F)c21. The van der Waals surface area contributed by atoms with E-state index in [1.807, 2.05) is 0 Å². The van der Waals surface area contributed by atoms with Gasteiger partial charge in [0, 0.05) is 38.8 Å². The van der Waals surface area contributed by atoms with Crippen LogP contribution < -0.4 is 10.6 Å². The second-order valence-corrected chi connectivity index (χ2v) is 9.53. The number of benzene rings is 3. The van der Waals surface area contributed by atoms with E-state index in [0.717, 1.165) is 22.9 Å². The van der Waals surface area contributed by atoms with Gasteiger partial charge in [-0.1, -0.05) is 23.7 Å². The lowest BCUT2D eigenvalue weighted by Crippen LogP contribution is -2.20. The summed E-state index contributed by atoms with van der Waals surface area (Å²) in [4.78, 5) is 17.5. The molecule has 0 spiro atoms. The average molecular weight is 576 g/mol. The molecule has 0 bridgehead atoms. The molecule has 1 aliphatic heterocycles. The third-order valence-corrected chi connectivity index (χ3v) is 7.07. The summed E-state index contributed by atoms with van der Waals surface area (Å²) in [6.45, 7) is -0.760. The molecule has 2 N–H and O–H groups in total. The maximum absolute atomic E-state index is 14.2. The molecule has 13 heteroatoms. The molecule has 0 aliphatic carbocycles. The standard InChI is InChI=1S/C27H16ClF6N5O/c28-18-5-4-12(29)8-15(18)24-23-19(9-20-16(22(23)26(40)38-24)10-36-39(20)11-21(30)31)37-25-14-2-1-3-17(27(32,33)34)13(14)6-7-35-25/h1-10,21,24H,11H2,(H,35,37)(H,38,40). The highest BCUT2D eigenvalue weighted by molar-refractivity contribution is 6.31. The molecule has 0 saturated heterocycles. The summed E-state index contributed by atoms with van der Waals surface area (Å²) in [5.74, 6) is -1.18. The number of anilines is 2. The number of pyridine rings is 1. The van der Waals surface area contributed by atoms with E-state index < -0.39 is 42.5 Å². The van der Waals surface area contributed by atoms with Gasteiger partial charge in [-0.3, -0.25) is 9.48 Å². The van der Waals surface area contributed by atoms with Gasteiger partial charge in [-0.25, -0.2) is 18.2 Å². The van der Waals surface area contributed by atoms with Crippen LogP contribution in [0.5, 0.6) is 0 Å². The number of halogens is 7. The van der Waals surface area contributed by atoms with Crippen LogP contribution in [-0.4, -0.2) is 27.1 Å². The molecule has 5 aromatic rings. The van der Waals surface area contributed by atoms with Gasteiger partial charge >= 0.3 is 6.18 Å². The Bertz CT molecular complexity index is 1820. The van der Waals surface area contributed by atoms with Gasteiger partial charge < -0.3 is 10.6 Å². The third kappa shape index (κ3) is 4.28. The van der Waals surface area contributed by atoms with Crippen molar-refractivity contribution in [1.82, 2.24) is 20.1 Å². The van der Waals surface area contributed by atoms with E-state index in [9.17, 15) is 31.1 Å². The summed E-state index contributed by atoms with van der Waals surface area (Å²) in [5, 5.41) is 10.2. The van der Waals surface area contributed by atoms with Crippen LogP contribution in [0.25, 0.3) is 21.7 Å². The Labute approximate surface area is 226 Å². The normalized spacial score (nSPS) is 15.2. The van der Waals surface area contributed by atoms with E-state index >= 15 is 0 Å². The van der Waals surface area contributed by atoms with Gasteiger partial charge in [-0.15, -0.1) is 0 Å². The van der Waals surface area contributed by atoms with E-state index in [2.05, 4.69) is 20.7 Å². The predicted molar refractivity (Wildman–Crippen MR) is 136 cm³/mol. The van der Waals surface area contributed by atoms with Gasteiger partial charge in [0.05, 0.1) is 28.9 Å². The smallest absolute Gasteiger partial charge is 0.341 e. The molecule has 3 aromatic carbocycles. The van der Waals surface area contributed by atoms with Crippen LogP contribution in [0.2, 0.25) is 5.02 Å². The zero-order valence-electron chi connectivity index (χ0n) is 20.0. The first-order chi connectivity index (χ1) is 19.0. The number of amides is 1. The Morgan fingerprint density at radius 2 is 1.88 bits per heavy atom. The van der Waals surface area contributed by atoms with Crippen molar-refractivity contribution in [1.29, 1.82) is 0 Å². The number of nitrogens with one attached hydrogen (secondary N) is 2. The van der Waals surface area contributed by atoms with Crippen LogP contribution in [-0.2, 0) is 12.7 Å². The maximum atomic E-state index is 14.2. The highest BCUT2D eigenvalue weighted by atomic mass is 35.5. The third-order valence-electron chi connectivity index (χ3n) is 6.73. The van der Waals surface area contributed by atoms with Crippen LogP contribution >= 0.6 is 11.6 Å². The topological polar surface area (TPSA) is 71.8 Å². The molecular weight excluding hydrogens is 560 g/mol. The van der Waals surface area contributed by atoms with E-state index in [1.165, 1.54) is 42.7 Å². The minimum absolute atomic E-state index is 0.0218. The molecule has 0 saturated carbocycles. The lowest BCUT2D eigenvalue weighted by Gasteiger charge is -2.20. The molecular formula is C27H16ClF6N5O. The average Bonchev–Trinajstić information content (AvgIpc) is 3.45. The predicted octanol–water partition coefficient (Wildman–Crippen LogP) is 7.24. The Balaban J connectivity index is 1.60. The zero-order valence-corrected chi connectivity index (χ0v) is 20.8. The molecule has 6 nitrogen and oxygen atoms in total. The lowest BCUT2D eigenvalue weighted by molar-refractivity contribution is -0.136. The zero-order chi connectivity index (χ0) is 28.3. The van der Waals surface area contributed by atoms with Gasteiger partial charge in [-0.2, -0.15) is 18.3 Å². The van der Waals surface area contributed by atoms with Crippen molar-refractivity contribution in [3.63, 3.8) is 0 Å². The summed E-state index contributed by atoms with van der Waals surface area (Å²) in [7, 11) is 0. The number of nitrogens with zero attached hydrogens (tertiary/aromatic N) is 3. The van der Waals surface area contributed by atoms with Crippen LogP contribution in [0, 0.1) is 5.82 Å². The number of aromatic nitrogens is 3. The van der Waals surface area contributed by atoms with Crippen LogP contribution in [0.4, 0.5) is 37.8 Å². The lowest BCUT2D eigenvalue weighted by atomic mass is 9.94. The highest BCUT2D eigenvalue weighted by Crippen LogP contribution is 2.44. The molecule has 1 amide bonds. The van der Waals surface area contributed by atoms with Crippen molar-refractivity contribution in [3.8, 4) is 0 Å². The first kappa shape index (κ1) is 25.9. The largest absolute Gasteiger partial charge is 0.417 e. The van der Waals surface area contributed by atoms with Crippen molar-refractivity contribution in [2.24, 2.45) is 0 Å². The molecule has 0 fully saturated rings. The number of fused-ring (bicyclic) bond motifs is 4. The Morgan fingerprint density at radius 1 is 1.07 bits per heavy atom. The first-order valence-corrected chi connectivity index (χ1v) is 12.2. The summed E-state index contributed by atoms with van der Waals surface area (Å²) >= 11 is 6.36. The number of alkyl halides is 5. The van der Waals surface area contributed by atoms with Crippen LogP contribution in [0.3, 0.4) is 0 Å². The van der Waals surface area contributed by atoms with Crippen molar-refractivity contribution in [2.45, 2.75) is 25.2 Å². The van der Waals surface area contributed by atoms with Crippen molar-refractivity contribution in [2.75, 3.05) is 5.32 Å². The van der Waals surface area contributed by atoms with Crippen LogP contribution in [0.15, 0.2) is 60.9 Å². The Morgan fingerprint density at radius 3 is 2.62 bits per heavy atom. The summed E-state index contributed by atoms with van der Waals surface area (Å²) < 4.78 is 82.9. The second kappa shape index (κ2) is 9.40. The van der Waals surface area contributed by atoms with Gasteiger partial charge in [0.15, 0.2) is 0 Å². The van der Waals surface area contributed by atoms with E-state index in [-0.39, 0.29) is 54.9 Å². The fraction of sp³-hybridized carbons (Fsp3) is 0.148. The van der Waals surface area contributed by atoms with Crippen molar-refractivity contribution < 1.29 is 31.1 Å². The number of carbonyl (C=O) groups excluding carboxylic acids is 1. The van der Waals surface area contributed by atoms with Gasteiger partial charge in [0.2, 0.25) is 0 Å². The second-order valence-electron chi connectivity index (χ2n) is 9.12. The fourth-order valence-electron chi connectivity index (χ4n) is 5.08. The first-order valence-electron chi connectivity index (χ1n) is 11.8. The van der Waals surface area contributed by atoms with Gasteiger partial charge in [0.25, 0.3) is 12.3 Å². The summed E-state index contributed by atoms with van der Waals surface area (Å²) in [6.07, 6.45) is -4.90. The number of hydrogen-bond acceptors (Lipinski definition) is 4. The van der Waals surface area contributed by atoms with Crippen molar-refractivity contribution >= 4 is 50.7 Å². The molecule has 1 atom stereocenters. The number of hydrogen-bond donors (Lipinski definition) is 2. The van der Waals surface area contributed by atoms with Gasteiger partial charge in [0.1, 0.15) is 18.2 Å². The minimum Gasteiger partial charge on any atom is -0.341 e. The van der Waals surface area contributed by atoms with E-state index in [4.69, 9.17) is 11.6 Å². The van der Waals surface area contributed by atoms with Gasteiger partial charge in [-0.05, 0) is 41.8 Å². The monoisotopic (exact) mass is 575 g/mol. The number of carbonyl (C=O) groups is 1. The number of rotatable bonds is 5. The Kier molecular flexibility index (Phi) is 6.10. The molecule has 204 valence electrons. The molecule has 40 heavy (non-hydrogen) atoms. The van der Waals surface area contributed by atoms with Crippen molar-refractivity contribution in [3.05, 3.63) is 94.0 Å².